The van der Waals surface area contributed by atoms with Crippen LogP contribution in [0.25, 0.3) is 11.1 Å². The lowest BCUT2D eigenvalue weighted by Gasteiger charge is -2.41. The summed E-state index contributed by atoms with van der Waals surface area (Å²) in [5.41, 5.74) is 1.21. The molecule has 0 spiro atoms. The molecular formula is C55H72F2N8O12S. The Balaban J connectivity index is 1.45. The fraction of sp³-hybridized carbons (Fsp3) is 0.491. The van der Waals surface area contributed by atoms with Gasteiger partial charge in [0.25, 0.3) is 11.8 Å². The molecule has 0 bridgehead atoms. The van der Waals surface area contributed by atoms with Gasteiger partial charge in [-0.05, 0) is 67.3 Å². The van der Waals surface area contributed by atoms with Crippen LogP contribution in [0.5, 0.6) is 0 Å². The van der Waals surface area contributed by atoms with Gasteiger partial charge in [-0.2, -0.15) is 11.8 Å². The van der Waals surface area contributed by atoms with E-state index in [1.807, 2.05) is 55.7 Å². The Morgan fingerprint density at radius 1 is 0.744 bits per heavy atom. The van der Waals surface area contributed by atoms with E-state index in [1.165, 1.54) is 30.8 Å². The van der Waals surface area contributed by atoms with Crippen LogP contribution in [0.1, 0.15) is 110 Å². The highest BCUT2D eigenvalue weighted by molar-refractivity contribution is 7.99. The Bertz CT molecular complexity index is 2640. The SMILES string of the molecule is CC(NC(=O)C(NC(=O)CCCCCN1C(=O)C=CC1=O)C(C)C)C(=O)NCCCN(C(=O)CSCCC(=O)NCCC(=O)NC(CC(=O)O)C(=O)O)C(c1cc(-c2cc(F)ccc2F)cn1Cc1ccccc1)C(C)(C)C. The molecule has 0 radical (unpaired) electrons. The molecule has 23 heteroatoms. The minimum atomic E-state index is -1.64. The van der Waals surface area contributed by atoms with Crippen LogP contribution in [0.15, 0.2) is 72.9 Å². The molecule has 2 heterocycles. The predicted octanol–water partition coefficient (Wildman–Crippen LogP) is 4.71. The Labute approximate surface area is 456 Å². The number of aliphatic carboxylic acids is 2. The van der Waals surface area contributed by atoms with Crippen molar-refractivity contribution in [3.05, 3.63) is 95.8 Å². The Kier molecular flexibility index (Phi) is 24.7. The first kappa shape index (κ1) is 63.1. The second-order valence-electron chi connectivity index (χ2n) is 20.3. The van der Waals surface area contributed by atoms with Crippen molar-refractivity contribution >= 4 is 71.0 Å². The van der Waals surface area contributed by atoms with Gasteiger partial charge in [0.15, 0.2) is 0 Å². The Morgan fingerprint density at radius 3 is 2.06 bits per heavy atom. The largest absolute Gasteiger partial charge is 0.481 e. The van der Waals surface area contributed by atoms with Gasteiger partial charge in [-0.3, -0.25) is 48.1 Å². The first-order valence-corrected chi connectivity index (χ1v) is 27.0. The van der Waals surface area contributed by atoms with Gasteiger partial charge in [0.05, 0.1) is 18.2 Å². The molecule has 3 aromatic rings. The van der Waals surface area contributed by atoms with Crippen LogP contribution < -0.4 is 26.6 Å². The zero-order valence-corrected chi connectivity index (χ0v) is 45.7. The summed E-state index contributed by atoms with van der Waals surface area (Å²) in [5.74, 6) is -8.24. The van der Waals surface area contributed by atoms with E-state index < -0.39 is 83.2 Å². The summed E-state index contributed by atoms with van der Waals surface area (Å²) in [4.78, 5) is 128. The summed E-state index contributed by atoms with van der Waals surface area (Å²) < 4.78 is 31.9. The molecule has 7 N–H and O–H groups in total. The predicted molar refractivity (Wildman–Crippen MR) is 287 cm³/mol. The maximum Gasteiger partial charge on any atom is 0.326 e. The fourth-order valence-corrected chi connectivity index (χ4v) is 9.42. The zero-order chi connectivity index (χ0) is 57.7. The van der Waals surface area contributed by atoms with E-state index in [4.69, 9.17) is 5.11 Å². The number of imide groups is 1. The van der Waals surface area contributed by atoms with Crippen molar-refractivity contribution in [1.82, 2.24) is 41.0 Å². The standard InChI is InChI=1S/C55H72F2N8O12S/c1-34(2)50(62-44(67)16-11-8-12-25-64-46(69)19-20-47(64)70)53(75)60-35(3)52(74)59-23-13-26-65(48(71)33-78-27-22-43(66)58-24-21-45(68)61-41(54(76)77)30-49(72)73)51(55(4,5)6)42-28-37(39-29-38(56)17-18-40(39)57)32-63(42)31-36-14-9-7-10-15-36/h7,9-10,14-15,17-20,28-29,32,34-35,41,50-51H,8,11-13,16,21-27,30-31,33H2,1-6H3,(H,58,66)(H,59,74)(H,60,75)(H,61,68)(H,62,67)(H,72,73)(H,76,77). The molecular weight excluding hydrogens is 1030 g/mol. The summed E-state index contributed by atoms with van der Waals surface area (Å²) in [6.07, 6.45) is 4.82. The first-order chi connectivity index (χ1) is 36.9. The van der Waals surface area contributed by atoms with Crippen LogP contribution >= 0.6 is 11.8 Å². The van der Waals surface area contributed by atoms with Gasteiger partial charge in [-0.1, -0.05) is 71.4 Å². The van der Waals surface area contributed by atoms with Crippen LogP contribution in [-0.4, -0.2) is 140 Å². The monoisotopic (exact) mass is 1110 g/mol. The van der Waals surface area contributed by atoms with E-state index in [2.05, 4.69) is 26.6 Å². The highest BCUT2D eigenvalue weighted by Gasteiger charge is 2.37. The summed E-state index contributed by atoms with van der Waals surface area (Å²) in [5, 5.41) is 31.0. The number of nitrogens with one attached hydrogen (secondary N) is 5. The molecule has 1 aliphatic heterocycles. The number of unbranched alkanes of at least 4 members (excludes halogenated alkanes) is 2. The van der Waals surface area contributed by atoms with Gasteiger partial charge in [-0.25, -0.2) is 13.6 Å². The molecule has 0 saturated heterocycles. The number of nitrogens with zero attached hydrogens (tertiary/aromatic N) is 3. The number of carboxylic acid groups (broad SMARTS) is 2. The molecule has 424 valence electrons. The van der Waals surface area contributed by atoms with Crippen molar-refractivity contribution < 1.29 is 66.9 Å². The first-order valence-electron chi connectivity index (χ1n) is 25.8. The minimum absolute atomic E-state index is 0.0227. The lowest BCUT2D eigenvalue weighted by atomic mass is 9.83. The van der Waals surface area contributed by atoms with Crippen LogP contribution in [0, 0.1) is 23.0 Å². The molecule has 1 aromatic heterocycles. The number of thioether (sulfide) groups is 1. The van der Waals surface area contributed by atoms with Crippen molar-refractivity contribution in [3.63, 3.8) is 0 Å². The van der Waals surface area contributed by atoms with Crippen molar-refractivity contribution in [2.75, 3.05) is 37.7 Å². The van der Waals surface area contributed by atoms with Crippen LogP contribution in [0.2, 0.25) is 0 Å². The van der Waals surface area contributed by atoms with Crippen molar-refractivity contribution in [2.24, 2.45) is 11.3 Å². The Morgan fingerprint density at radius 2 is 1.42 bits per heavy atom. The van der Waals surface area contributed by atoms with Gasteiger partial charge in [0.2, 0.25) is 35.4 Å². The minimum Gasteiger partial charge on any atom is -0.481 e. The average molecular weight is 1110 g/mol. The number of carbonyl (C=O) groups is 10. The number of amides is 8. The van der Waals surface area contributed by atoms with Gasteiger partial charge in [0.1, 0.15) is 29.8 Å². The van der Waals surface area contributed by atoms with Gasteiger partial charge < -0.3 is 46.3 Å². The van der Waals surface area contributed by atoms with Crippen molar-refractivity contribution in [2.45, 2.75) is 124 Å². The fourth-order valence-electron chi connectivity index (χ4n) is 8.61. The van der Waals surface area contributed by atoms with E-state index in [-0.39, 0.29) is 98.5 Å². The number of carboxylic acids is 2. The van der Waals surface area contributed by atoms with Crippen molar-refractivity contribution in [3.8, 4) is 11.1 Å². The zero-order valence-electron chi connectivity index (χ0n) is 44.9. The highest BCUT2D eigenvalue weighted by atomic mass is 32.2. The molecule has 1 aliphatic rings. The molecule has 8 amide bonds. The van der Waals surface area contributed by atoms with Crippen LogP contribution in [0.4, 0.5) is 8.78 Å². The molecule has 0 aliphatic carbocycles. The quantitative estimate of drug-likeness (QED) is 0.0330. The molecule has 0 fully saturated rings. The number of halogens is 2. The summed E-state index contributed by atoms with van der Waals surface area (Å²) >= 11 is 1.17. The number of hydrogen-bond donors (Lipinski definition) is 7. The molecule has 4 atom stereocenters. The van der Waals surface area contributed by atoms with Gasteiger partial charge in [0, 0.05) is 92.9 Å². The van der Waals surface area contributed by atoms with E-state index in [0.717, 1.165) is 28.7 Å². The lowest BCUT2D eigenvalue weighted by molar-refractivity contribution is -0.147. The van der Waals surface area contributed by atoms with E-state index in [9.17, 15) is 57.4 Å². The number of carbonyl (C=O) groups excluding carboxylic acids is 8. The second-order valence-corrected chi connectivity index (χ2v) is 21.4. The third-order valence-corrected chi connectivity index (χ3v) is 13.5. The topological polar surface area (TPSA) is 283 Å². The van der Waals surface area contributed by atoms with Crippen LogP contribution in [-0.2, 0) is 54.5 Å². The van der Waals surface area contributed by atoms with Gasteiger partial charge >= 0.3 is 11.9 Å². The van der Waals surface area contributed by atoms with Crippen molar-refractivity contribution in [1.29, 1.82) is 0 Å². The van der Waals surface area contributed by atoms with E-state index in [0.29, 0.717) is 37.1 Å². The second kappa shape index (κ2) is 30.5. The van der Waals surface area contributed by atoms with E-state index >= 15 is 4.39 Å². The summed E-state index contributed by atoms with van der Waals surface area (Å²) in [7, 11) is 0. The lowest BCUT2D eigenvalue weighted by Crippen LogP contribution is -2.54. The summed E-state index contributed by atoms with van der Waals surface area (Å²) in [6, 6.07) is 10.0. The maximum atomic E-state index is 15.4. The number of rotatable bonds is 32. The molecule has 2 aromatic carbocycles. The molecule has 4 rings (SSSR count). The molecule has 78 heavy (non-hydrogen) atoms. The van der Waals surface area contributed by atoms with Gasteiger partial charge in [-0.15, -0.1) is 0 Å². The smallest absolute Gasteiger partial charge is 0.326 e. The normalized spacial score (nSPS) is 13.8. The molecule has 0 saturated carbocycles. The highest BCUT2D eigenvalue weighted by Crippen LogP contribution is 2.41. The number of aromatic nitrogens is 1. The molecule has 4 unspecified atom stereocenters. The third-order valence-electron chi connectivity index (χ3n) is 12.6. The van der Waals surface area contributed by atoms with Crippen LogP contribution in [0.3, 0.4) is 0 Å². The number of benzene rings is 2. The maximum absolute atomic E-state index is 15.4. The average Bonchev–Trinajstić information content (AvgIpc) is 4.02. The molecule has 20 nitrogen and oxygen atoms in total. The number of hydrogen-bond acceptors (Lipinski definition) is 11. The van der Waals surface area contributed by atoms with E-state index in [1.54, 1.807) is 31.0 Å². The Hall–Kier alpha value is -7.43. The summed E-state index contributed by atoms with van der Waals surface area (Å²) in [6.45, 7) is 11.4. The third kappa shape index (κ3) is 20.2.